The number of hydrogen-bond donors (Lipinski definition) is 2. The maximum absolute atomic E-state index is 13.6. The lowest BCUT2D eigenvalue weighted by molar-refractivity contribution is -0.870. The van der Waals surface area contributed by atoms with Crippen molar-refractivity contribution in [2.24, 2.45) is 0 Å². The minimum atomic E-state index is -4.45. The van der Waals surface area contributed by atoms with E-state index < -0.39 is 20.0 Å². The molecule has 0 aliphatic carbocycles. The van der Waals surface area contributed by atoms with E-state index in [4.69, 9.17) is 13.8 Å². The van der Waals surface area contributed by atoms with Gasteiger partial charge in [-0.25, -0.2) is 4.57 Å². The van der Waals surface area contributed by atoms with E-state index in [1.165, 1.54) is 250 Å². The summed E-state index contributed by atoms with van der Waals surface area (Å²) in [4.78, 5) is 37.9. The minimum absolute atomic E-state index is 0.0437. The molecule has 80 heavy (non-hydrogen) atoms. The fraction of sp³-hybridized carbons (Fsp3) is 0.886. The molecule has 10 heteroatoms. The molecule has 0 spiro atoms. The Balaban J connectivity index is 5.06. The summed E-state index contributed by atoms with van der Waals surface area (Å²) in [6.45, 7) is 7.05. The lowest BCUT2D eigenvalue weighted by atomic mass is 10.0. The van der Waals surface area contributed by atoms with Crippen LogP contribution in [0.15, 0.2) is 36.5 Å². The van der Waals surface area contributed by atoms with Gasteiger partial charge in [-0.05, 0) is 63.9 Å². The van der Waals surface area contributed by atoms with Crippen molar-refractivity contribution in [2.75, 3.05) is 40.9 Å². The lowest BCUT2D eigenvalue weighted by Gasteiger charge is -2.27. The molecule has 9 nitrogen and oxygen atoms in total. The molecule has 0 aliphatic rings. The summed E-state index contributed by atoms with van der Waals surface area (Å²) in [5, 5.41) is 3.07. The zero-order chi connectivity index (χ0) is 58.6. The fourth-order valence-electron chi connectivity index (χ4n) is 10.4. The smallest absolute Gasteiger partial charge is 0.456 e. The SMILES string of the molecule is CCCCC/C=C\C/C=C\CCCCCCCCCCCCCCCCCC(=O)OC(/C=C/CCCCCCCCCCCCC)C(COP(=O)(O)OCC[N+](C)(C)C)NC(=O)CCCCCCCCCCCCCCCCCC. The first-order chi connectivity index (χ1) is 38.9. The Kier molecular flexibility index (Phi) is 59.0. The highest BCUT2D eigenvalue weighted by atomic mass is 31.2. The van der Waals surface area contributed by atoms with Gasteiger partial charge in [-0.1, -0.05) is 308 Å². The molecule has 3 atom stereocenters. The molecule has 472 valence electrons. The van der Waals surface area contributed by atoms with Crippen molar-refractivity contribution in [3.63, 3.8) is 0 Å². The Morgan fingerprint density at radius 2 is 0.762 bits per heavy atom. The third kappa shape index (κ3) is 60.8. The van der Waals surface area contributed by atoms with E-state index >= 15 is 0 Å². The summed E-state index contributed by atoms with van der Waals surface area (Å²) in [6.07, 6.45) is 74.3. The van der Waals surface area contributed by atoms with Crippen molar-refractivity contribution >= 4 is 19.7 Å². The van der Waals surface area contributed by atoms with Crippen LogP contribution in [0.25, 0.3) is 0 Å². The summed E-state index contributed by atoms with van der Waals surface area (Å²) < 4.78 is 30.8. The van der Waals surface area contributed by atoms with Gasteiger partial charge in [0.15, 0.2) is 0 Å². The van der Waals surface area contributed by atoms with E-state index in [1.54, 1.807) is 0 Å². The lowest BCUT2D eigenvalue weighted by Crippen LogP contribution is -2.47. The molecule has 0 aromatic heterocycles. The maximum atomic E-state index is 13.6. The number of quaternary nitrogens is 1. The molecule has 0 radical (unpaired) electrons. The van der Waals surface area contributed by atoms with Crippen LogP contribution in [0.5, 0.6) is 0 Å². The number of carbonyl (C=O) groups excluding carboxylic acids is 2. The van der Waals surface area contributed by atoms with Gasteiger partial charge in [-0.3, -0.25) is 18.6 Å². The molecular formula is C70H136N2O7P+. The number of ether oxygens (including phenoxy) is 1. The predicted molar refractivity (Wildman–Crippen MR) is 346 cm³/mol. The molecule has 0 aromatic rings. The molecule has 0 rings (SSSR count). The quantitative estimate of drug-likeness (QED) is 0.0205. The van der Waals surface area contributed by atoms with Crippen molar-refractivity contribution in [3.8, 4) is 0 Å². The Hall–Kier alpha value is -1.77. The highest BCUT2D eigenvalue weighted by Gasteiger charge is 2.30. The molecule has 0 aromatic carbocycles. The zero-order valence-electron chi connectivity index (χ0n) is 54.1. The Morgan fingerprint density at radius 1 is 0.438 bits per heavy atom. The molecule has 0 heterocycles. The van der Waals surface area contributed by atoms with Crippen LogP contribution in [0.3, 0.4) is 0 Å². The molecule has 0 bridgehead atoms. The Morgan fingerprint density at radius 3 is 1.15 bits per heavy atom. The maximum Gasteiger partial charge on any atom is 0.472 e. The zero-order valence-corrected chi connectivity index (χ0v) is 55.0. The van der Waals surface area contributed by atoms with Crippen molar-refractivity contribution in [1.82, 2.24) is 5.32 Å². The second-order valence-electron chi connectivity index (χ2n) is 25.1. The molecule has 0 aliphatic heterocycles. The second kappa shape index (κ2) is 60.4. The van der Waals surface area contributed by atoms with Crippen LogP contribution in [-0.2, 0) is 27.9 Å². The number of nitrogens with one attached hydrogen (secondary N) is 1. The van der Waals surface area contributed by atoms with Crippen molar-refractivity contribution in [2.45, 2.75) is 360 Å². The van der Waals surface area contributed by atoms with Gasteiger partial charge in [-0.15, -0.1) is 0 Å². The van der Waals surface area contributed by atoms with Gasteiger partial charge in [0.25, 0.3) is 0 Å². The van der Waals surface area contributed by atoms with Crippen LogP contribution in [0.2, 0.25) is 0 Å². The number of amides is 1. The molecule has 3 unspecified atom stereocenters. The number of unbranched alkanes of at least 4 members (excludes halogenated alkanes) is 44. The van der Waals surface area contributed by atoms with E-state index in [0.717, 1.165) is 64.2 Å². The number of nitrogens with zero attached hydrogens (tertiary/aromatic N) is 1. The van der Waals surface area contributed by atoms with E-state index in [2.05, 4.69) is 56.5 Å². The average molecular weight is 1150 g/mol. The normalized spacial score (nSPS) is 13.7. The van der Waals surface area contributed by atoms with Crippen molar-refractivity contribution in [3.05, 3.63) is 36.5 Å². The summed E-state index contributed by atoms with van der Waals surface area (Å²) >= 11 is 0. The number of hydrogen-bond acceptors (Lipinski definition) is 6. The molecular weight excluding hydrogens is 1010 g/mol. The Labute approximate surface area is 497 Å². The van der Waals surface area contributed by atoms with Crippen LogP contribution >= 0.6 is 7.82 Å². The third-order valence-electron chi connectivity index (χ3n) is 15.8. The van der Waals surface area contributed by atoms with Crippen molar-refractivity contribution in [1.29, 1.82) is 0 Å². The number of esters is 1. The largest absolute Gasteiger partial charge is 0.472 e. The highest BCUT2D eigenvalue weighted by Crippen LogP contribution is 2.43. The number of allylic oxidation sites excluding steroid dienone is 5. The Bertz CT molecular complexity index is 1460. The minimum Gasteiger partial charge on any atom is -0.456 e. The first kappa shape index (κ1) is 78.2. The standard InChI is InChI=1S/C70H135N2O7P/c1-7-10-13-16-19-22-25-28-30-32-33-34-35-36-37-38-39-40-42-45-48-51-54-57-60-63-70(74)79-68(61-58-55-52-49-46-43-27-24-21-18-15-12-9-3)67(66-78-80(75,76)77-65-64-72(4,5)6)71-69(73)62-59-56-53-50-47-44-41-31-29-26-23-20-17-14-11-8-2/h19,22,28,30,58,61,67-68H,7-18,20-21,23-27,29,31-57,59-60,62-66H2,1-6H3,(H-,71,73,75,76)/p+1/b22-19-,30-28-,61-58+. The van der Waals surface area contributed by atoms with Crippen LogP contribution in [0.1, 0.15) is 348 Å². The van der Waals surface area contributed by atoms with E-state index in [9.17, 15) is 19.0 Å². The summed E-state index contributed by atoms with van der Waals surface area (Å²) in [6, 6.07) is -0.844. The summed E-state index contributed by atoms with van der Waals surface area (Å²) in [7, 11) is 1.51. The fourth-order valence-corrected chi connectivity index (χ4v) is 11.2. The van der Waals surface area contributed by atoms with E-state index in [1.807, 2.05) is 27.2 Å². The van der Waals surface area contributed by atoms with Crippen LogP contribution < -0.4 is 5.32 Å². The summed E-state index contributed by atoms with van der Waals surface area (Å²) in [5.74, 6) is -0.485. The number of carbonyl (C=O) groups is 2. The molecule has 0 fully saturated rings. The van der Waals surface area contributed by atoms with Crippen LogP contribution in [0.4, 0.5) is 0 Å². The third-order valence-corrected chi connectivity index (χ3v) is 16.8. The predicted octanol–water partition coefficient (Wildman–Crippen LogP) is 21.8. The molecule has 1 amide bonds. The van der Waals surface area contributed by atoms with Gasteiger partial charge in [-0.2, -0.15) is 0 Å². The second-order valence-corrected chi connectivity index (χ2v) is 26.5. The molecule has 0 saturated heterocycles. The number of phosphoric acid groups is 1. The van der Waals surface area contributed by atoms with Crippen molar-refractivity contribution < 1.29 is 37.3 Å². The molecule has 0 saturated carbocycles. The van der Waals surface area contributed by atoms with Crippen LogP contribution in [-0.4, -0.2) is 74.3 Å². The van der Waals surface area contributed by atoms with Gasteiger partial charge in [0, 0.05) is 12.8 Å². The topological polar surface area (TPSA) is 111 Å². The van der Waals surface area contributed by atoms with Crippen LogP contribution in [0, 0.1) is 0 Å². The van der Waals surface area contributed by atoms with Gasteiger partial charge >= 0.3 is 13.8 Å². The van der Waals surface area contributed by atoms with Gasteiger partial charge in [0.1, 0.15) is 19.3 Å². The number of phosphoric ester groups is 1. The summed E-state index contributed by atoms with van der Waals surface area (Å²) in [5.41, 5.74) is 0. The average Bonchev–Trinajstić information content (AvgIpc) is 3.42. The molecule has 2 N–H and O–H groups in total. The van der Waals surface area contributed by atoms with Gasteiger partial charge < -0.3 is 19.4 Å². The highest BCUT2D eigenvalue weighted by molar-refractivity contribution is 7.47. The number of rotatable bonds is 64. The van der Waals surface area contributed by atoms with E-state index in [0.29, 0.717) is 23.9 Å². The first-order valence-electron chi connectivity index (χ1n) is 34.8. The van der Waals surface area contributed by atoms with Gasteiger partial charge in [0.2, 0.25) is 5.91 Å². The van der Waals surface area contributed by atoms with E-state index in [-0.39, 0.29) is 25.1 Å². The first-order valence-corrected chi connectivity index (χ1v) is 36.3. The monoisotopic (exact) mass is 1150 g/mol. The van der Waals surface area contributed by atoms with Gasteiger partial charge in [0.05, 0.1) is 33.8 Å². The number of likely N-dealkylation sites (N-methyl/N-ethyl adjacent to an activating group) is 1.